The zero-order valence-electron chi connectivity index (χ0n) is 8.85. The molecule has 0 spiro atoms. The predicted octanol–water partition coefficient (Wildman–Crippen LogP) is 2.71. The van der Waals surface area contributed by atoms with E-state index in [0.717, 1.165) is 18.9 Å². The molecular weight excluding hydrogens is 238 g/mol. The van der Waals surface area contributed by atoms with Gasteiger partial charge in [-0.05, 0) is 30.5 Å². The largest absolute Gasteiger partial charge is 0.481 e. The first-order valence-electron chi connectivity index (χ1n) is 5.09. The highest BCUT2D eigenvalue weighted by molar-refractivity contribution is 5.37. The van der Waals surface area contributed by atoms with Crippen molar-refractivity contribution < 1.29 is 22.3 Å². The van der Waals surface area contributed by atoms with Gasteiger partial charge in [-0.1, -0.05) is 6.07 Å². The third kappa shape index (κ3) is 2.88. The Morgan fingerprint density at radius 2 is 1.94 bits per heavy atom. The molecule has 0 saturated heterocycles. The predicted molar refractivity (Wildman–Crippen MR) is 53.0 cm³/mol. The zero-order chi connectivity index (χ0) is 12.7. The van der Waals surface area contributed by atoms with Gasteiger partial charge in [0.25, 0.3) is 0 Å². The van der Waals surface area contributed by atoms with Crippen molar-refractivity contribution in [3.63, 3.8) is 0 Å². The summed E-state index contributed by atoms with van der Waals surface area (Å²) >= 11 is 0. The lowest BCUT2D eigenvalue weighted by molar-refractivity contribution is -0.153. The zero-order valence-corrected chi connectivity index (χ0v) is 8.85. The van der Waals surface area contributed by atoms with Crippen molar-refractivity contribution in [2.24, 2.45) is 5.73 Å². The van der Waals surface area contributed by atoms with Gasteiger partial charge in [-0.2, -0.15) is 13.2 Å². The second kappa shape index (κ2) is 3.87. The fraction of sp³-hybridized carbons (Fsp3) is 0.455. The second-order valence-electron chi connectivity index (χ2n) is 4.21. The first-order chi connectivity index (χ1) is 7.80. The molecule has 1 fully saturated rings. The van der Waals surface area contributed by atoms with Crippen LogP contribution in [-0.4, -0.2) is 12.8 Å². The van der Waals surface area contributed by atoms with Gasteiger partial charge in [-0.15, -0.1) is 0 Å². The summed E-state index contributed by atoms with van der Waals surface area (Å²) in [7, 11) is 0. The molecule has 17 heavy (non-hydrogen) atoms. The maximum absolute atomic E-state index is 13.2. The highest BCUT2D eigenvalue weighted by atomic mass is 19.4. The number of hydrogen-bond donors (Lipinski definition) is 1. The van der Waals surface area contributed by atoms with Crippen molar-refractivity contribution in [2.75, 3.05) is 6.61 Å². The molecule has 1 aliphatic rings. The van der Waals surface area contributed by atoms with Crippen LogP contribution in [0.2, 0.25) is 0 Å². The number of nitrogens with two attached hydrogens (primary N) is 1. The van der Waals surface area contributed by atoms with Crippen LogP contribution in [0, 0.1) is 5.82 Å². The topological polar surface area (TPSA) is 35.2 Å². The van der Waals surface area contributed by atoms with Gasteiger partial charge in [0, 0.05) is 5.54 Å². The molecule has 0 unspecified atom stereocenters. The smallest absolute Gasteiger partial charge is 0.422 e. The maximum Gasteiger partial charge on any atom is 0.422 e. The average Bonchev–Trinajstić information content (AvgIpc) is 2.95. The summed E-state index contributed by atoms with van der Waals surface area (Å²) in [4.78, 5) is 0. The van der Waals surface area contributed by atoms with Gasteiger partial charge in [-0.3, -0.25) is 0 Å². The van der Waals surface area contributed by atoms with Crippen molar-refractivity contribution in [3.8, 4) is 5.75 Å². The molecule has 0 amide bonds. The van der Waals surface area contributed by atoms with E-state index in [9.17, 15) is 17.6 Å². The normalized spacial score (nSPS) is 17.9. The van der Waals surface area contributed by atoms with Gasteiger partial charge >= 0.3 is 6.18 Å². The van der Waals surface area contributed by atoms with Gasteiger partial charge in [0.2, 0.25) is 0 Å². The highest BCUT2D eigenvalue weighted by Crippen LogP contribution is 2.43. The van der Waals surface area contributed by atoms with Crippen LogP contribution in [0.1, 0.15) is 18.4 Å². The molecule has 2 rings (SSSR count). The number of ether oxygens (including phenoxy) is 1. The number of halogens is 4. The van der Waals surface area contributed by atoms with Gasteiger partial charge in [0.15, 0.2) is 18.2 Å². The van der Waals surface area contributed by atoms with Crippen LogP contribution in [-0.2, 0) is 5.54 Å². The molecule has 0 aromatic heterocycles. The van der Waals surface area contributed by atoms with Gasteiger partial charge in [0.05, 0.1) is 0 Å². The maximum atomic E-state index is 13.2. The fourth-order valence-electron chi connectivity index (χ4n) is 1.51. The molecule has 2 N–H and O–H groups in total. The van der Waals surface area contributed by atoms with E-state index in [0.29, 0.717) is 5.56 Å². The van der Waals surface area contributed by atoms with Crippen molar-refractivity contribution in [2.45, 2.75) is 24.6 Å². The Morgan fingerprint density at radius 1 is 1.29 bits per heavy atom. The van der Waals surface area contributed by atoms with E-state index in [-0.39, 0.29) is 0 Å². The van der Waals surface area contributed by atoms with Crippen molar-refractivity contribution in [3.05, 3.63) is 29.6 Å². The van der Waals surface area contributed by atoms with E-state index in [1.165, 1.54) is 12.1 Å². The van der Waals surface area contributed by atoms with Crippen LogP contribution in [0.15, 0.2) is 18.2 Å². The summed E-state index contributed by atoms with van der Waals surface area (Å²) in [6, 6.07) is 3.80. The minimum Gasteiger partial charge on any atom is -0.481 e. The monoisotopic (exact) mass is 249 g/mol. The SMILES string of the molecule is NC1(c2ccc(F)c(OCC(F)(F)F)c2)CC1. The van der Waals surface area contributed by atoms with Crippen molar-refractivity contribution >= 4 is 0 Å². The number of alkyl halides is 3. The minimum atomic E-state index is -4.48. The summed E-state index contributed by atoms with van der Waals surface area (Å²) in [6.45, 7) is -1.51. The van der Waals surface area contributed by atoms with Crippen LogP contribution in [0.4, 0.5) is 17.6 Å². The third-order valence-electron chi connectivity index (χ3n) is 2.69. The van der Waals surface area contributed by atoms with Crippen LogP contribution in [0.25, 0.3) is 0 Å². The van der Waals surface area contributed by atoms with Crippen LogP contribution in [0.5, 0.6) is 5.75 Å². The lowest BCUT2D eigenvalue weighted by Gasteiger charge is -2.13. The molecule has 0 bridgehead atoms. The Bertz CT molecular complexity index is 426. The molecule has 6 heteroatoms. The van der Waals surface area contributed by atoms with E-state index in [1.54, 1.807) is 0 Å². The number of rotatable bonds is 3. The first kappa shape index (κ1) is 12.2. The molecule has 0 heterocycles. The van der Waals surface area contributed by atoms with E-state index >= 15 is 0 Å². The minimum absolute atomic E-state index is 0.406. The summed E-state index contributed by atoms with van der Waals surface area (Å²) in [5.74, 6) is -1.22. The Hall–Kier alpha value is -1.30. The molecule has 2 nitrogen and oxygen atoms in total. The third-order valence-corrected chi connectivity index (χ3v) is 2.69. The lowest BCUT2D eigenvalue weighted by atomic mass is 10.1. The fourth-order valence-corrected chi connectivity index (χ4v) is 1.51. The molecule has 0 atom stereocenters. The van der Waals surface area contributed by atoms with E-state index in [4.69, 9.17) is 5.73 Å². The Balaban J connectivity index is 2.15. The van der Waals surface area contributed by atoms with Crippen LogP contribution >= 0.6 is 0 Å². The van der Waals surface area contributed by atoms with E-state index in [1.807, 2.05) is 0 Å². The standard InChI is InChI=1S/C11H11F4NO/c12-8-2-1-7(10(16)3-4-10)5-9(8)17-6-11(13,14)15/h1-2,5H,3-4,6,16H2. The Morgan fingerprint density at radius 3 is 2.47 bits per heavy atom. The number of hydrogen-bond acceptors (Lipinski definition) is 2. The number of benzene rings is 1. The van der Waals surface area contributed by atoms with Crippen LogP contribution < -0.4 is 10.5 Å². The van der Waals surface area contributed by atoms with E-state index < -0.39 is 29.9 Å². The molecule has 1 saturated carbocycles. The quantitative estimate of drug-likeness (QED) is 0.836. The van der Waals surface area contributed by atoms with Crippen LogP contribution in [0.3, 0.4) is 0 Å². The van der Waals surface area contributed by atoms with Crippen molar-refractivity contribution in [1.82, 2.24) is 0 Å². The second-order valence-corrected chi connectivity index (χ2v) is 4.21. The molecule has 94 valence electrons. The van der Waals surface area contributed by atoms with Crippen molar-refractivity contribution in [1.29, 1.82) is 0 Å². The molecular formula is C11H11F4NO. The summed E-state index contributed by atoms with van der Waals surface area (Å²) < 4.78 is 53.5. The Labute approximate surface area is 95.4 Å². The van der Waals surface area contributed by atoms with Gasteiger partial charge in [-0.25, -0.2) is 4.39 Å². The summed E-state index contributed by atoms with van der Waals surface area (Å²) in [5, 5.41) is 0. The first-order valence-corrected chi connectivity index (χ1v) is 5.09. The van der Waals surface area contributed by atoms with Gasteiger partial charge < -0.3 is 10.5 Å². The van der Waals surface area contributed by atoms with E-state index in [2.05, 4.69) is 4.74 Å². The summed E-state index contributed by atoms with van der Waals surface area (Å²) in [5.41, 5.74) is 5.95. The average molecular weight is 249 g/mol. The molecule has 1 aliphatic carbocycles. The molecule has 0 radical (unpaired) electrons. The molecule has 0 aliphatic heterocycles. The lowest BCUT2D eigenvalue weighted by Crippen LogP contribution is -2.21. The molecule has 1 aromatic carbocycles. The molecule has 1 aromatic rings. The highest BCUT2D eigenvalue weighted by Gasteiger charge is 2.40. The summed E-state index contributed by atoms with van der Waals surface area (Å²) in [6.07, 6.45) is -2.99. The van der Waals surface area contributed by atoms with Gasteiger partial charge in [0.1, 0.15) is 0 Å². The Kier molecular flexibility index (Phi) is 2.77.